The Balaban J connectivity index is 1.39. The smallest absolute Gasteiger partial charge is 0.324 e. The molecule has 0 saturated carbocycles. The number of carboxylic acid groups (broad SMARTS) is 1. The zero-order chi connectivity index (χ0) is 26.3. The molecule has 38 heavy (non-hydrogen) atoms. The van der Waals surface area contributed by atoms with Crippen molar-refractivity contribution in [1.29, 1.82) is 0 Å². The molecule has 9 nitrogen and oxygen atoms in total. The number of carboxylic acids is 1. The van der Waals surface area contributed by atoms with E-state index in [0.717, 1.165) is 5.56 Å². The number of carbonyl (C=O) groups excluding carboxylic acids is 1. The van der Waals surface area contributed by atoms with Gasteiger partial charge in [0.15, 0.2) is 0 Å². The standard InChI is InChI=1S/C29H23N5O4/c35-28(36)16-20-7-4-11-23(15-20)34-27(18-26(33-34)21-8-2-1-3-9-21)32-29(37)31-22-10-5-12-24(17-22)38-25-13-6-14-30-19-25/h1-15,17-19H,16H2,(H,35,36)(H2,31,32,37). The number of carbonyl (C=O) groups is 2. The predicted octanol–water partition coefficient (Wildman–Crippen LogP) is 6.00. The number of hydrogen-bond donors (Lipinski definition) is 3. The predicted molar refractivity (Wildman–Crippen MR) is 144 cm³/mol. The second-order valence-corrected chi connectivity index (χ2v) is 8.33. The van der Waals surface area contributed by atoms with Crippen LogP contribution in [-0.4, -0.2) is 31.9 Å². The number of ether oxygens (including phenoxy) is 1. The molecular formula is C29H23N5O4. The third-order valence-electron chi connectivity index (χ3n) is 5.49. The first-order valence-corrected chi connectivity index (χ1v) is 11.8. The molecule has 0 radical (unpaired) electrons. The lowest BCUT2D eigenvalue weighted by atomic mass is 10.1. The first kappa shape index (κ1) is 24.3. The van der Waals surface area contributed by atoms with Crippen LogP contribution in [0.4, 0.5) is 16.3 Å². The molecule has 0 unspecified atom stereocenters. The number of hydrogen-bond acceptors (Lipinski definition) is 5. The van der Waals surface area contributed by atoms with Crippen LogP contribution < -0.4 is 15.4 Å². The van der Waals surface area contributed by atoms with Crippen molar-refractivity contribution in [3.8, 4) is 28.4 Å². The number of amides is 2. The van der Waals surface area contributed by atoms with Gasteiger partial charge in [0.05, 0.1) is 24.0 Å². The maximum atomic E-state index is 13.0. The highest BCUT2D eigenvalue weighted by Crippen LogP contribution is 2.27. The van der Waals surface area contributed by atoms with E-state index in [1.54, 1.807) is 83.8 Å². The topological polar surface area (TPSA) is 118 Å². The van der Waals surface area contributed by atoms with Crippen molar-refractivity contribution in [3.63, 3.8) is 0 Å². The summed E-state index contributed by atoms with van der Waals surface area (Å²) >= 11 is 0. The Morgan fingerprint density at radius 2 is 1.66 bits per heavy atom. The summed E-state index contributed by atoms with van der Waals surface area (Å²) in [7, 11) is 0. The van der Waals surface area contributed by atoms with E-state index in [2.05, 4.69) is 15.6 Å². The minimum absolute atomic E-state index is 0.124. The largest absolute Gasteiger partial charge is 0.481 e. The lowest BCUT2D eigenvalue weighted by molar-refractivity contribution is -0.136. The summed E-state index contributed by atoms with van der Waals surface area (Å²) < 4.78 is 7.38. The van der Waals surface area contributed by atoms with Gasteiger partial charge in [-0.3, -0.25) is 15.1 Å². The van der Waals surface area contributed by atoms with Crippen LogP contribution in [0.5, 0.6) is 11.5 Å². The van der Waals surface area contributed by atoms with Gasteiger partial charge in [0.2, 0.25) is 0 Å². The van der Waals surface area contributed by atoms with Crippen LogP contribution >= 0.6 is 0 Å². The first-order chi connectivity index (χ1) is 18.5. The van der Waals surface area contributed by atoms with E-state index in [4.69, 9.17) is 9.84 Å². The van der Waals surface area contributed by atoms with Gasteiger partial charge in [-0.2, -0.15) is 5.10 Å². The average Bonchev–Trinajstić information content (AvgIpc) is 3.33. The summed E-state index contributed by atoms with van der Waals surface area (Å²) in [6.07, 6.45) is 3.14. The highest BCUT2D eigenvalue weighted by atomic mass is 16.5. The van der Waals surface area contributed by atoms with Crippen molar-refractivity contribution in [2.24, 2.45) is 0 Å². The van der Waals surface area contributed by atoms with Gasteiger partial charge in [-0.1, -0.05) is 48.5 Å². The van der Waals surface area contributed by atoms with Crippen molar-refractivity contribution in [2.45, 2.75) is 6.42 Å². The van der Waals surface area contributed by atoms with Gasteiger partial charge < -0.3 is 15.2 Å². The maximum Gasteiger partial charge on any atom is 0.324 e. The number of nitrogens with zero attached hydrogens (tertiary/aromatic N) is 3. The maximum absolute atomic E-state index is 13.0. The van der Waals surface area contributed by atoms with E-state index in [1.165, 1.54) is 0 Å². The highest BCUT2D eigenvalue weighted by molar-refractivity contribution is 5.99. The zero-order valence-corrected chi connectivity index (χ0v) is 20.1. The lowest BCUT2D eigenvalue weighted by Gasteiger charge is -2.12. The fourth-order valence-electron chi connectivity index (χ4n) is 3.85. The Morgan fingerprint density at radius 3 is 2.45 bits per heavy atom. The quantitative estimate of drug-likeness (QED) is 0.238. The number of nitrogens with one attached hydrogen (secondary N) is 2. The molecule has 3 N–H and O–H groups in total. The third kappa shape index (κ3) is 6.03. The molecule has 0 saturated heterocycles. The monoisotopic (exact) mass is 505 g/mol. The van der Waals surface area contributed by atoms with Crippen molar-refractivity contribution < 1.29 is 19.4 Å². The Hall–Kier alpha value is -5.44. The molecule has 9 heteroatoms. The number of aliphatic carboxylic acids is 1. The average molecular weight is 506 g/mol. The second kappa shape index (κ2) is 11.1. The molecule has 0 atom stereocenters. The van der Waals surface area contributed by atoms with Crippen LogP contribution in [0.3, 0.4) is 0 Å². The van der Waals surface area contributed by atoms with E-state index < -0.39 is 12.0 Å². The van der Waals surface area contributed by atoms with E-state index in [-0.39, 0.29) is 6.42 Å². The second-order valence-electron chi connectivity index (χ2n) is 8.33. The molecule has 5 rings (SSSR count). The lowest BCUT2D eigenvalue weighted by Crippen LogP contribution is -2.21. The zero-order valence-electron chi connectivity index (χ0n) is 20.1. The van der Waals surface area contributed by atoms with Crippen LogP contribution in [0.15, 0.2) is 109 Å². The van der Waals surface area contributed by atoms with Crippen LogP contribution in [0.2, 0.25) is 0 Å². The molecule has 0 bridgehead atoms. The Kier molecular flexibility index (Phi) is 7.08. The minimum Gasteiger partial charge on any atom is -0.481 e. The fraction of sp³-hybridized carbons (Fsp3) is 0.0345. The van der Waals surface area contributed by atoms with Gasteiger partial charge in [0.25, 0.3) is 0 Å². The van der Waals surface area contributed by atoms with Gasteiger partial charge in [-0.25, -0.2) is 9.48 Å². The molecule has 2 amide bonds. The molecule has 2 aromatic heterocycles. The van der Waals surface area contributed by atoms with E-state index >= 15 is 0 Å². The minimum atomic E-state index is -0.931. The number of urea groups is 1. The van der Waals surface area contributed by atoms with Crippen LogP contribution in [0.25, 0.3) is 16.9 Å². The van der Waals surface area contributed by atoms with Crippen LogP contribution in [-0.2, 0) is 11.2 Å². The van der Waals surface area contributed by atoms with Gasteiger partial charge in [0.1, 0.15) is 17.3 Å². The number of anilines is 2. The van der Waals surface area contributed by atoms with Crippen molar-refractivity contribution in [3.05, 3.63) is 115 Å². The summed E-state index contributed by atoms with van der Waals surface area (Å²) in [6.45, 7) is 0. The molecule has 3 aromatic carbocycles. The van der Waals surface area contributed by atoms with Gasteiger partial charge >= 0.3 is 12.0 Å². The molecule has 0 aliphatic rings. The highest BCUT2D eigenvalue weighted by Gasteiger charge is 2.15. The SMILES string of the molecule is O=C(O)Cc1cccc(-n2nc(-c3ccccc3)cc2NC(=O)Nc2cccc(Oc3cccnc3)c2)c1. The van der Waals surface area contributed by atoms with Crippen molar-refractivity contribution >= 4 is 23.5 Å². The van der Waals surface area contributed by atoms with Crippen LogP contribution in [0, 0.1) is 0 Å². The Labute approximate surface area is 218 Å². The molecule has 0 spiro atoms. The van der Waals surface area contributed by atoms with E-state index in [9.17, 15) is 14.7 Å². The Morgan fingerprint density at radius 1 is 0.842 bits per heavy atom. The molecule has 0 aliphatic carbocycles. The van der Waals surface area contributed by atoms with Crippen molar-refractivity contribution in [2.75, 3.05) is 10.6 Å². The summed E-state index contributed by atoms with van der Waals surface area (Å²) in [6, 6.07) is 28.4. The number of pyridine rings is 1. The molecule has 5 aromatic rings. The normalized spacial score (nSPS) is 10.5. The molecule has 2 heterocycles. The first-order valence-electron chi connectivity index (χ1n) is 11.8. The van der Waals surface area contributed by atoms with Gasteiger partial charge in [-0.05, 0) is 42.0 Å². The molecule has 0 aliphatic heterocycles. The number of rotatable bonds is 8. The Bertz CT molecular complexity index is 1570. The molecule has 188 valence electrons. The third-order valence-corrected chi connectivity index (χ3v) is 5.49. The van der Waals surface area contributed by atoms with E-state index in [1.807, 2.05) is 30.3 Å². The van der Waals surface area contributed by atoms with Gasteiger partial charge in [-0.15, -0.1) is 0 Å². The number of benzene rings is 3. The summed E-state index contributed by atoms with van der Waals surface area (Å²) in [5, 5.41) is 19.6. The van der Waals surface area contributed by atoms with Crippen molar-refractivity contribution in [1.82, 2.24) is 14.8 Å². The summed E-state index contributed by atoms with van der Waals surface area (Å²) in [4.78, 5) is 28.3. The molecule has 0 fully saturated rings. The molecular weight excluding hydrogens is 482 g/mol. The van der Waals surface area contributed by atoms with Gasteiger partial charge in [0, 0.05) is 29.6 Å². The number of aromatic nitrogens is 3. The summed E-state index contributed by atoms with van der Waals surface area (Å²) in [5.41, 5.74) is 3.29. The summed E-state index contributed by atoms with van der Waals surface area (Å²) in [5.74, 6) is 0.607. The van der Waals surface area contributed by atoms with E-state index in [0.29, 0.717) is 39.9 Å². The van der Waals surface area contributed by atoms with Crippen LogP contribution in [0.1, 0.15) is 5.56 Å². The fourth-order valence-corrected chi connectivity index (χ4v) is 3.85.